The van der Waals surface area contributed by atoms with E-state index < -0.39 is 0 Å². The highest BCUT2D eigenvalue weighted by molar-refractivity contribution is 5.93. The Bertz CT molecular complexity index is 450. The van der Waals surface area contributed by atoms with Crippen molar-refractivity contribution < 1.29 is 4.79 Å². The minimum atomic E-state index is -0.373. The van der Waals surface area contributed by atoms with Gasteiger partial charge in [0.25, 0.3) is 0 Å². The Balaban J connectivity index is 2.14. The van der Waals surface area contributed by atoms with Crippen molar-refractivity contribution in [3.63, 3.8) is 0 Å². The van der Waals surface area contributed by atoms with E-state index in [-0.39, 0.29) is 5.91 Å². The second-order valence-electron chi connectivity index (χ2n) is 5.41. The maximum absolute atomic E-state index is 11.1. The molecule has 1 unspecified atom stereocenters. The van der Waals surface area contributed by atoms with Crippen LogP contribution in [0.2, 0.25) is 0 Å². The molecule has 0 heterocycles. The Morgan fingerprint density at radius 3 is 2.59 bits per heavy atom. The van der Waals surface area contributed by atoms with Crippen LogP contribution in [-0.4, -0.2) is 11.9 Å². The molecule has 92 valence electrons. The number of hydrogen-bond acceptors (Lipinski definition) is 2. The zero-order valence-corrected chi connectivity index (χ0v) is 10.7. The van der Waals surface area contributed by atoms with Crippen LogP contribution in [0.1, 0.15) is 42.6 Å². The van der Waals surface area contributed by atoms with Crippen LogP contribution in [0.5, 0.6) is 0 Å². The van der Waals surface area contributed by atoms with E-state index in [1.165, 1.54) is 12.8 Å². The van der Waals surface area contributed by atoms with Crippen LogP contribution in [0.15, 0.2) is 18.2 Å². The van der Waals surface area contributed by atoms with Crippen LogP contribution < -0.4 is 11.1 Å². The number of carbonyl (C=O) groups is 1. The van der Waals surface area contributed by atoms with Crippen LogP contribution in [-0.2, 0) is 0 Å². The number of amides is 1. The Labute approximate surface area is 102 Å². The second kappa shape index (κ2) is 4.06. The predicted octanol–water partition coefficient (Wildman–Crippen LogP) is 2.69. The van der Waals surface area contributed by atoms with E-state index in [4.69, 9.17) is 5.73 Å². The largest absolute Gasteiger partial charge is 0.382 e. The quantitative estimate of drug-likeness (QED) is 0.838. The first kappa shape index (κ1) is 12.0. The van der Waals surface area contributed by atoms with Gasteiger partial charge in [0.2, 0.25) is 5.91 Å². The number of aryl methyl sites for hydroxylation is 1. The molecule has 17 heavy (non-hydrogen) atoms. The van der Waals surface area contributed by atoms with Gasteiger partial charge in [0, 0.05) is 17.3 Å². The fourth-order valence-electron chi connectivity index (χ4n) is 2.02. The number of anilines is 1. The molecule has 0 bridgehead atoms. The van der Waals surface area contributed by atoms with E-state index in [0.717, 1.165) is 11.3 Å². The third-order valence-electron chi connectivity index (χ3n) is 3.97. The van der Waals surface area contributed by atoms with Gasteiger partial charge in [-0.05, 0) is 55.9 Å². The fourth-order valence-corrected chi connectivity index (χ4v) is 2.02. The molecule has 3 N–H and O–H groups in total. The van der Waals surface area contributed by atoms with Crippen molar-refractivity contribution in [2.75, 3.05) is 5.32 Å². The van der Waals surface area contributed by atoms with E-state index >= 15 is 0 Å². The van der Waals surface area contributed by atoms with Crippen molar-refractivity contribution in [3.05, 3.63) is 29.3 Å². The first-order valence-corrected chi connectivity index (χ1v) is 6.09. The molecule has 1 aliphatic carbocycles. The van der Waals surface area contributed by atoms with Crippen LogP contribution in [0.4, 0.5) is 5.69 Å². The summed E-state index contributed by atoms with van der Waals surface area (Å²) in [7, 11) is 0. The highest BCUT2D eigenvalue weighted by Crippen LogP contribution is 2.48. The van der Waals surface area contributed by atoms with Crippen molar-refractivity contribution in [2.24, 2.45) is 11.1 Å². The lowest BCUT2D eigenvalue weighted by molar-refractivity contribution is 0.1000. The zero-order valence-electron chi connectivity index (χ0n) is 10.7. The normalized spacial score (nSPS) is 18.5. The standard InChI is InChI=1S/C14H20N2O/c1-9-8-11(13(15)17)4-5-12(9)16-10(2)14(3)6-7-14/h4-5,8,10,16H,6-7H2,1-3H3,(H2,15,17). The van der Waals surface area contributed by atoms with E-state index in [0.29, 0.717) is 17.0 Å². The summed E-state index contributed by atoms with van der Waals surface area (Å²) in [5, 5.41) is 3.53. The van der Waals surface area contributed by atoms with Crippen molar-refractivity contribution in [1.82, 2.24) is 0 Å². The van der Waals surface area contributed by atoms with Crippen LogP contribution in [0, 0.1) is 12.3 Å². The lowest BCUT2D eigenvalue weighted by Crippen LogP contribution is -2.25. The number of primary amides is 1. The van der Waals surface area contributed by atoms with E-state index in [9.17, 15) is 4.79 Å². The molecule has 3 nitrogen and oxygen atoms in total. The topological polar surface area (TPSA) is 55.1 Å². The third kappa shape index (κ3) is 2.43. The third-order valence-corrected chi connectivity index (χ3v) is 3.97. The number of carbonyl (C=O) groups excluding carboxylic acids is 1. The molecule has 1 fully saturated rings. The lowest BCUT2D eigenvalue weighted by Gasteiger charge is -2.23. The molecule has 0 aromatic heterocycles. The molecule has 1 amide bonds. The predicted molar refractivity (Wildman–Crippen MR) is 70.1 cm³/mol. The molecular weight excluding hydrogens is 212 g/mol. The Kier molecular flexibility index (Phi) is 2.86. The van der Waals surface area contributed by atoms with Crippen molar-refractivity contribution in [2.45, 2.75) is 39.7 Å². The van der Waals surface area contributed by atoms with Crippen molar-refractivity contribution in [3.8, 4) is 0 Å². The minimum absolute atomic E-state index is 0.373. The summed E-state index contributed by atoms with van der Waals surface area (Å²) >= 11 is 0. The van der Waals surface area contributed by atoms with Gasteiger partial charge in [-0.2, -0.15) is 0 Å². The first-order valence-electron chi connectivity index (χ1n) is 6.09. The first-order chi connectivity index (χ1) is 7.92. The van der Waals surface area contributed by atoms with Gasteiger partial charge in [0.1, 0.15) is 0 Å². The lowest BCUT2D eigenvalue weighted by atomic mass is 9.99. The molecule has 3 heteroatoms. The molecule has 1 aliphatic rings. The Morgan fingerprint density at radius 2 is 2.12 bits per heavy atom. The van der Waals surface area contributed by atoms with Crippen molar-refractivity contribution >= 4 is 11.6 Å². The van der Waals surface area contributed by atoms with E-state index in [1.807, 2.05) is 19.1 Å². The van der Waals surface area contributed by atoms with Gasteiger partial charge < -0.3 is 11.1 Å². The Hall–Kier alpha value is -1.51. The van der Waals surface area contributed by atoms with Gasteiger partial charge in [-0.15, -0.1) is 0 Å². The summed E-state index contributed by atoms with van der Waals surface area (Å²) in [5.41, 5.74) is 8.42. The van der Waals surface area contributed by atoms with Crippen LogP contribution in [0.25, 0.3) is 0 Å². The van der Waals surface area contributed by atoms with Crippen LogP contribution >= 0.6 is 0 Å². The second-order valence-corrected chi connectivity index (χ2v) is 5.41. The SMILES string of the molecule is Cc1cc(C(N)=O)ccc1NC(C)C1(C)CC1. The molecule has 0 radical (unpaired) electrons. The molecule has 0 aliphatic heterocycles. The molecule has 0 saturated heterocycles. The average molecular weight is 232 g/mol. The summed E-state index contributed by atoms with van der Waals surface area (Å²) in [6.07, 6.45) is 2.58. The van der Waals surface area contributed by atoms with Gasteiger partial charge in [-0.25, -0.2) is 0 Å². The number of hydrogen-bond donors (Lipinski definition) is 2. The van der Waals surface area contributed by atoms with E-state index in [1.54, 1.807) is 6.07 Å². The average Bonchev–Trinajstić information content (AvgIpc) is 3.00. The summed E-state index contributed by atoms with van der Waals surface area (Å²) in [6.45, 7) is 6.52. The monoisotopic (exact) mass is 232 g/mol. The number of benzene rings is 1. The summed E-state index contributed by atoms with van der Waals surface area (Å²) in [4.78, 5) is 11.1. The summed E-state index contributed by atoms with van der Waals surface area (Å²) in [5.74, 6) is -0.373. The minimum Gasteiger partial charge on any atom is -0.382 e. The van der Waals surface area contributed by atoms with E-state index in [2.05, 4.69) is 19.2 Å². The van der Waals surface area contributed by atoms with Gasteiger partial charge in [-0.3, -0.25) is 4.79 Å². The molecular formula is C14H20N2O. The molecule has 0 spiro atoms. The molecule has 1 aromatic rings. The maximum atomic E-state index is 11.1. The van der Waals surface area contributed by atoms with Gasteiger partial charge in [-0.1, -0.05) is 6.92 Å². The highest BCUT2D eigenvalue weighted by Gasteiger charge is 2.42. The zero-order chi connectivity index (χ0) is 12.6. The number of nitrogens with one attached hydrogen (secondary N) is 1. The maximum Gasteiger partial charge on any atom is 0.248 e. The van der Waals surface area contributed by atoms with Gasteiger partial charge >= 0.3 is 0 Å². The fraction of sp³-hybridized carbons (Fsp3) is 0.500. The number of rotatable bonds is 4. The molecule has 1 atom stereocenters. The number of nitrogens with two attached hydrogens (primary N) is 1. The molecule has 1 saturated carbocycles. The smallest absolute Gasteiger partial charge is 0.248 e. The van der Waals surface area contributed by atoms with Gasteiger partial charge in [0.15, 0.2) is 0 Å². The van der Waals surface area contributed by atoms with Crippen LogP contribution in [0.3, 0.4) is 0 Å². The molecule has 2 rings (SSSR count). The summed E-state index contributed by atoms with van der Waals surface area (Å²) in [6, 6.07) is 6.02. The Morgan fingerprint density at radius 1 is 1.47 bits per heavy atom. The van der Waals surface area contributed by atoms with Crippen molar-refractivity contribution in [1.29, 1.82) is 0 Å². The summed E-state index contributed by atoms with van der Waals surface area (Å²) < 4.78 is 0. The highest BCUT2D eigenvalue weighted by atomic mass is 16.1. The molecule has 1 aromatic carbocycles. The van der Waals surface area contributed by atoms with Gasteiger partial charge in [0.05, 0.1) is 0 Å².